The number of carbonyl (C=O) groups is 1. The lowest BCUT2D eigenvalue weighted by Gasteiger charge is -2.14. The van der Waals surface area contributed by atoms with Gasteiger partial charge >= 0.3 is 0 Å². The minimum Gasteiger partial charge on any atom is -0.399 e. The van der Waals surface area contributed by atoms with E-state index in [4.69, 9.17) is 5.73 Å². The summed E-state index contributed by atoms with van der Waals surface area (Å²) in [6, 6.07) is 3.18. The molecule has 7 nitrogen and oxygen atoms in total. The summed E-state index contributed by atoms with van der Waals surface area (Å²) in [7, 11) is 1.67. The molecule has 2 aromatic rings. The predicted octanol–water partition coefficient (Wildman–Crippen LogP) is 0.363. The molecule has 94 valence electrons. The van der Waals surface area contributed by atoms with Gasteiger partial charge < -0.3 is 10.6 Å². The highest BCUT2D eigenvalue weighted by atomic mass is 16.2. The molecule has 0 saturated heterocycles. The quantitative estimate of drug-likeness (QED) is 0.814. The molecule has 0 aromatic carbocycles. The molecule has 2 heterocycles. The van der Waals surface area contributed by atoms with Gasteiger partial charge in [0.1, 0.15) is 11.5 Å². The minimum absolute atomic E-state index is 0.218. The van der Waals surface area contributed by atoms with Gasteiger partial charge in [0.05, 0.1) is 6.54 Å². The van der Waals surface area contributed by atoms with E-state index < -0.39 is 0 Å². The maximum atomic E-state index is 12.1. The Morgan fingerprint density at radius 2 is 2.33 bits per heavy atom. The molecule has 0 aliphatic heterocycles. The summed E-state index contributed by atoms with van der Waals surface area (Å²) in [5.41, 5.74) is 6.43. The van der Waals surface area contributed by atoms with Crippen LogP contribution in [0.3, 0.4) is 0 Å². The highest BCUT2D eigenvalue weighted by molar-refractivity contribution is 5.92. The van der Waals surface area contributed by atoms with Gasteiger partial charge in [0.25, 0.3) is 5.91 Å². The number of pyridine rings is 1. The second-order valence-corrected chi connectivity index (χ2v) is 3.97. The summed E-state index contributed by atoms with van der Waals surface area (Å²) in [4.78, 5) is 21.7. The molecule has 7 heteroatoms. The van der Waals surface area contributed by atoms with Crippen LogP contribution in [-0.2, 0) is 6.54 Å². The number of rotatable bonds is 3. The van der Waals surface area contributed by atoms with Crippen LogP contribution in [0.25, 0.3) is 0 Å². The maximum Gasteiger partial charge on any atom is 0.272 e. The zero-order valence-corrected chi connectivity index (χ0v) is 10.2. The third-order valence-corrected chi connectivity index (χ3v) is 2.37. The van der Waals surface area contributed by atoms with Crippen molar-refractivity contribution in [1.82, 2.24) is 25.1 Å². The summed E-state index contributed by atoms with van der Waals surface area (Å²) in [6.07, 6.45) is 1.51. The molecule has 0 bridgehead atoms. The number of carbonyl (C=O) groups excluding carboxylic acids is 1. The predicted molar refractivity (Wildman–Crippen MR) is 65.6 cm³/mol. The van der Waals surface area contributed by atoms with Crippen molar-refractivity contribution >= 4 is 11.6 Å². The van der Waals surface area contributed by atoms with Gasteiger partial charge in [-0.05, 0) is 19.1 Å². The number of nitrogens with zero attached hydrogens (tertiary/aromatic N) is 4. The van der Waals surface area contributed by atoms with E-state index in [1.807, 2.05) is 0 Å². The van der Waals surface area contributed by atoms with Crippen LogP contribution in [0.2, 0.25) is 0 Å². The topological polar surface area (TPSA) is 101 Å². The molecule has 0 unspecified atom stereocenters. The Bertz CT molecular complexity index is 564. The number of hydrogen-bond donors (Lipinski definition) is 2. The summed E-state index contributed by atoms with van der Waals surface area (Å²) < 4.78 is 0. The third kappa shape index (κ3) is 2.62. The Morgan fingerprint density at radius 3 is 2.94 bits per heavy atom. The van der Waals surface area contributed by atoms with Crippen LogP contribution in [0.4, 0.5) is 5.69 Å². The summed E-state index contributed by atoms with van der Waals surface area (Å²) in [5.74, 6) is 1.06. The third-order valence-electron chi connectivity index (χ3n) is 2.37. The Labute approximate surface area is 104 Å². The lowest BCUT2D eigenvalue weighted by atomic mass is 10.3. The van der Waals surface area contributed by atoms with Crippen LogP contribution < -0.4 is 5.73 Å². The standard InChI is InChI=1S/C11H14N6O/c1-7-14-10(16-15-7)6-17(2)11(18)9-5-8(12)3-4-13-9/h3-5H,6H2,1-2H3,(H2,12,13)(H,14,15,16). The molecule has 0 fully saturated rings. The number of nitrogen functional groups attached to an aromatic ring is 1. The highest BCUT2D eigenvalue weighted by Gasteiger charge is 2.15. The first-order chi connectivity index (χ1) is 8.56. The molecule has 0 saturated carbocycles. The Balaban J connectivity index is 2.09. The van der Waals surface area contributed by atoms with Crippen LogP contribution >= 0.6 is 0 Å². The SMILES string of the molecule is Cc1nc(CN(C)C(=O)c2cc(N)ccn2)n[nH]1. The minimum atomic E-state index is -0.218. The smallest absolute Gasteiger partial charge is 0.272 e. The first kappa shape index (κ1) is 12.0. The fourth-order valence-electron chi connectivity index (χ4n) is 1.50. The van der Waals surface area contributed by atoms with Crippen LogP contribution in [0, 0.1) is 6.92 Å². The molecule has 3 N–H and O–H groups in total. The maximum absolute atomic E-state index is 12.1. The van der Waals surface area contributed by atoms with Crippen molar-refractivity contribution in [3.05, 3.63) is 35.7 Å². The number of anilines is 1. The summed E-state index contributed by atoms with van der Waals surface area (Å²) in [6.45, 7) is 2.12. The van der Waals surface area contributed by atoms with E-state index in [9.17, 15) is 4.79 Å². The highest BCUT2D eigenvalue weighted by Crippen LogP contribution is 2.07. The van der Waals surface area contributed by atoms with Gasteiger partial charge in [0.2, 0.25) is 0 Å². The molecule has 18 heavy (non-hydrogen) atoms. The first-order valence-electron chi connectivity index (χ1n) is 5.41. The van der Waals surface area contributed by atoms with E-state index in [0.717, 1.165) is 0 Å². The zero-order chi connectivity index (χ0) is 13.1. The number of aromatic amines is 1. The van der Waals surface area contributed by atoms with Crippen LogP contribution in [0.5, 0.6) is 0 Å². The molecule has 2 rings (SSSR count). The van der Waals surface area contributed by atoms with E-state index in [1.165, 1.54) is 11.1 Å². The lowest BCUT2D eigenvalue weighted by Crippen LogP contribution is -2.27. The number of aryl methyl sites for hydroxylation is 1. The molecule has 2 aromatic heterocycles. The van der Waals surface area contributed by atoms with E-state index in [1.54, 1.807) is 26.1 Å². The molecule has 0 aliphatic rings. The molecule has 0 aliphatic carbocycles. The van der Waals surface area contributed by atoms with Gasteiger partial charge in [-0.2, -0.15) is 5.10 Å². The van der Waals surface area contributed by atoms with Crippen molar-refractivity contribution in [2.24, 2.45) is 0 Å². The average Bonchev–Trinajstić information content (AvgIpc) is 2.73. The molecular formula is C11H14N6O. The molecule has 1 amide bonds. The summed E-state index contributed by atoms with van der Waals surface area (Å²) >= 11 is 0. The average molecular weight is 246 g/mol. The van der Waals surface area contributed by atoms with E-state index >= 15 is 0 Å². The van der Waals surface area contributed by atoms with Gasteiger partial charge in [-0.3, -0.25) is 14.9 Å². The van der Waals surface area contributed by atoms with Gasteiger partial charge in [0.15, 0.2) is 5.82 Å². The lowest BCUT2D eigenvalue weighted by molar-refractivity contribution is 0.0776. The summed E-state index contributed by atoms with van der Waals surface area (Å²) in [5, 5.41) is 6.70. The normalized spacial score (nSPS) is 10.3. The Hall–Kier alpha value is -2.44. The Morgan fingerprint density at radius 1 is 1.56 bits per heavy atom. The largest absolute Gasteiger partial charge is 0.399 e. The molecule has 0 spiro atoms. The number of nitrogens with one attached hydrogen (secondary N) is 1. The van der Waals surface area contributed by atoms with Gasteiger partial charge in [0, 0.05) is 18.9 Å². The number of hydrogen-bond acceptors (Lipinski definition) is 5. The van der Waals surface area contributed by atoms with Crippen molar-refractivity contribution in [2.45, 2.75) is 13.5 Å². The van der Waals surface area contributed by atoms with Gasteiger partial charge in [-0.25, -0.2) is 4.98 Å². The zero-order valence-electron chi connectivity index (χ0n) is 10.2. The monoisotopic (exact) mass is 246 g/mol. The van der Waals surface area contributed by atoms with Crippen LogP contribution in [0.1, 0.15) is 22.1 Å². The van der Waals surface area contributed by atoms with Crippen LogP contribution in [-0.4, -0.2) is 38.0 Å². The molecule has 0 radical (unpaired) electrons. The van der Waals surface area contributed by atoms with E-state index in [2.05, 4.69) is 20.2 Å². The van der Waals surface area contributed by atoms with Crippen molar-refractivity contribution in [3.8, 4) is 0 Å². The van der Waals surface area contributed by atoms with Crippen LogP contribution in [0.15, 0.2) is 18.3 Å². The molecule has 0 atom stereocenters. The van der Waals surface area contributed by atoms with Crippen molar-refractivity contribution in [1.29, 1.82) is 0 Å². The van der Waals surface area contributed by atoms with Gasteiger partial charge in [-0.1, -0.05) is 0 Å². The number of H-pyrrole nitrogens is 1. The number of aromatic nitrogens is 4. The number of nitrogens with two attached hydrogens (primary N) is 1. The van der Waals surface area contributed by atoms with Gasteiger partial charge in [-0.15, -0.1) is 0 Å². The van der Waals surface area contributed by atoms with Crippen molar-refractivity contribution in [2.75, 3.05) is 12.8 Å². The molecular weight excluding hydrogens is 232 g/mol. The van der Waals surface area contributed by atoms with Crippen molar-refractivity contribution < 1.29 is 4.79 Å². The second-order valence-electron chi connectivity index (χ2n) is 3.97. The van der Waals surface area contributed by atoms with E-state index in [-0.39, 0.29) is 5.91 Å². The Kier molecular flexibility index (Phi) is 3.22. The fourth-order valence-corrected chi connectivity index (χ4v) is 1.50. The van der Waals surface area contributed by atoms with Crippen molar-refractivity contribution in [3.63, 3.8) is 0 Å². The van der Waals surface area contributed by atoms with E-state index in [0.29, 0.717) is 29.6 Å². The number of amides is 1. The fraction of sp³-hybridized carbons (Fsp3) is 0.273. The first-order valence-corrected chi connectivity index (χ1v) is 5.41. The second kappa shape index (κ2) is 4.82.